The number of nitrogens with one attached hydrogen (secondary N) is 1. The molecule has 0 spiro atoms. The van der Waals surface area contributed by atoms with Crippen LogP contribution >= 0.6 is 11.6 Å². The van der Waals surface area contributed by atoms with Crippen LogP contribution in [0.5, 0.6) is 0 Å². The third kappa shape index (κ3) is 2.62. The first-order valence-electron chi connectivity index (χ1n) is 5.31. The van der Waals surface area contributed by atoms with Gasteiger partial charge in [-0.25, -0.2) is 9.78 Å². The lowest BCUT2D eigenvalue weighted by molar-refractivity contribution is 0.0697. The number of aromatic carboxylic acids is 1. The number of carbonyl (C=O) groups is 1. The number of benzene rings is 1. The molecular formula is C12H12ClN3O2. The molecule has 0 aliphatic rings. The second-order valence-electron chi connectivity index (χ2n) is 3.81. The minimum Gasteiger partial charge on any atom is -0.478 e. The van der Waals surface area contributed by atoms with Crippen molar-refractivity contribution in [1.82, 2.24) is 9.55 Å². The number of imidazole rings is 1. The Kier molecular flexibility index (Phi) is 3.53. The lowest BCUT2D eigenvalue weighted by atomic mass is 10.2. The summed E-state index contributed by atoms with van der Waals surface area (Å²) in [5, 5.41) is 12.3. The molecule has 0 unspecified atom stereocenters. The number of aromatic nitrogens is 2. The maximum atomic E-state index is 10.9. The number of hydrogen-bond donors (Lipinski definition) is 2. The molecule has 2 aromatic rings. The molecule has 0 bridgehead atoms. The number of carboxylic acids is 1. The van der Waals surface area contributed by atoms with Crippen LogP contribution in [-0.4, -0.2) is 20.6 Å². The van der Waals surface area contributed by atoms with Crippen LogP contribution in [-0.2, 0) is 13.6 Å². The highest BCUT2D eigenvalue weighted by atomic mass is 35.5. The van der Waals surface area contributed by atoms with Crippen molar-refractivity contribution in [3.8, 4) is 0 Å². The zero-order chi connectivity index (χ0) is 13.1. The SMILES string of the molecule is Cn1ccnc1CNc1ccc(Cl)c(C(=O)O)c1. The minimum absolute atomic E-state index is 0.0847. The summed E-state index contributed by atoms with van der Waals surface area (Å²) in [5.41, 5.74) is 0.779. The summed E-state index contributed by atoms with van der Waals surface area (Å²) in [6.45, 7) is 0.518. The summed E-state index contributed by atoms with van der Waals surface area (Å²) in [4.78, 5) is 15.1. The topological polar surface area (TPSA) is 67.2 Å². The Bertz CT molecular complexity index is 580. The van der Waals surface area contributed by atoms with E-state index in [2.05, 4.69) is 10.3 Å². The molecule has 0 radical (unpaired) electrons. The first kappa shape index (κ1) is 12.4. The van der Waals surface area contributed by atoms with Crippen LogP contribution in [0.2, 0.25) is 5.02 Å². The highest BCUT2D eigenvalue weighted by Crippen LogP contribution is 2.20. The Morgan fingerprint density at radius 3 is 2.94 bits per heavy atom. The van der Waals surface area contributed by atoms with Gasteiger partial charge in [0, 0.05) is 25.1 Å². The normalized spacial score (nSPS) is 10.3. The van der Waals surface area contributed by atoms with E-state index in [0.717, 1.165) is 5.82 Å². The third-order valence-corrected chi connectivity index (χ3v) is 2.90. The van der Waals surface area contributed by atoms with Gasteiger partial charge < -0.3 is 15.0 Å². The molecule has 94 valence electrons. The minimum atomic E-state index is -1.04. The van der Waals surface area contributed by atoms with E-state index < -0.39 is 5.97 Å². The van der Waals surface area contributed by atoms with Gasteiger partial charge in [0.2, 0.25) is 0 Å². The fourth-order valence-electron chi connectivity index (χ4n) is 1.55. The van der Waals surface area contributed by atoms with E-state index in [9.17, 15) is 4.79 Å². The molecule has 1 aromatic carbocycles. The highest BCUT2D eigenvalue weighted by molar-refractivity contribution is 6.33. The molecular weight excluding hydrogens is 254 g/mol. The smallest absolute Gasteiger partial charge is 0.337 e. The van der Waals surface area contributed by atoms with Crippen LogP contribution in [0.3, 0.4) is 0 Å². The number of anilines is 1. The summed E-state index contributed by atoms with van der Waals surface area (Å²) < 4.78 is 1.89. The van der Waals surface area contributed by atoms with Gasteiger partial charge in [-0.1, -0.05) is 11.6 Å². The van der Waals surface area contributed by atoms with E-state index in [4.69, 9.17) is 16.7 Å². The standard InChI is InChI=1S/C12H12ClN3O2/c1-16-5-4-14-11(16)7-15-8-2-3-10(13)9(6-8)12(17)18/h2-6,15H,7H2,1H3,(H,17,18). The third-order valence-electron chi connectivity index (χ3n) is 2.57. The van der Waals surface area contributed by atoms with Crippen LogP contribution in [0, 0.1) is 0 Å². The van der Waals surface area contributed by atoms with Gasteiger partial charge in [-0.05, 0) is 18.2 Å². The van der Waals surface area contributed by atoms with Crippen molar-refractivity contribution < 1.29 is 9.90 Å². The Balaban J connectivity index is 2.13. The average molecular weight is 266 g/mol. The van der Waals surface area contributed by atoms with Gasteiger partial charge in [0.05, 0.1) is 17.1 Å². The largest absolute Gasteiger partial charge is 0.478 e. The zero-order valence-electron chi connectivity index (χ0n) is 9.72. The lowest BCUT2D eigenvalue weighted by Gasteiger charge is -2.08. The van der Waals surface area contributed by atoms with Crippen molar-refractivity contribution in [3.05, 3.63) is 47.0 Å². The highest BCUT2D eigenvalue weighted by Gasteiger charge is 2.09. The van der Waals surface area contributed by atoms with E-state index in [1.165, 1.54) is 6.07 Å². The molecule has 0 aliphatic carbocycles. The van der Waals surface area contributed by atoms with E-state index >= 15 is 0 Å². The molecule has 1 aromatic heterocycles. The number of halogens is 1. The summed E-state index contributed by atoms with van der Waals surface area (Å²) in [5.74, 6) is -0.178. The molecule has 0 fully saturated rings. The van der Waals surface area contributed by atoms with Crippen molar-refractivity contribution in [3.63, 3.8) is 0 Å². The van der Waals surface area contributed by atoms with Gasteiger partial charge in [0.15, 0.2) is 0 Å². The van der Waals surface area contributed by atoms with Gasteiger partial charge in [-0.2, -0.15) is 0 Å². The van der Waals surface area contributed by atoms with Crippen LogP contribution in [0.1, 0.15) is 16.2 Å². The maximum absolute atomic E-state index is 10.9. The maximum Gasteiger partial charge on any atom is 0.337 e. The van der Waals surface area contributed by atoms with E-state index in [0.29, 0.717) is 12.2 Å². The van der Waals surface area contributed by atoms with E-state index in [1.54, 1.807) is 18.3 Å². The number of hydrogen-bond acceptors (Lipinski definition) is 3. The molecule has 2 N–H and O–H groups in total. The van der Waals surface area contributed by atoms with Gasteiger partial charge in [0.25, 0.3) is 0 Å². The van der Waals surface area contributed by atoms with Gasteiger partial charge in [-0.3, -0.25) is 0 Å². The molecule has 0 saturated carbocycles. The molecule has 5 nitrogen and oxygen atoms in total. The van der Waals surface area contributed by atoms with Crippen molar-refractivity contribution in [1.29, 1.82) is 0 Å². The Morgan fingerprint density at radius 1 is 1.56 bits per heavy atom. The fourth-order valence-corrected chi connectivity index (χ4v) is 1.75. The lowest BCUT2D eigenvalue weighted by Crippen LogP contribution is -2.06. The Hall–Kier alpha value is -2.01. The van der Waals surface area contributed by atoms with Crippen LogP contribution in [0.25, 0.3) is 0 Å². The molecule has 2 rings (SSSR count). The van der Waals surface area contributed by atoms with E-state index in [-0.39, 0.29) is 10.6 Å². The monoisotopic (exact) mass is 265 g/mol. The predicted octanol–water partition coefficient (Wildman–Crippen LogP) is 2.38. The number of carboxylic acid groups (broad SMARTS) is 1. The quantitative estimate of drug-likeness (QED) is 0.891. The van der Waals surface area contributed by atoms with Crippen molar-refractivity contribution in [2.45, 2.75) is 6.54 Å². The van der Waals surface area contributed by atoms with Crippen LogP contribution in [0.15, 0.2) is 30.6 Å². The van der Waals surface area contributed by atoms with Crippen molar-refractivity contribution >= 4 is 23.3 Å². The van der Waals surface area contributed by atoms with Crippen LogP contribution in [0.4, 0.5) is 5.69 Å². The van der Waals surface area contributed by atoms with Crippen LogP contribution < -0.4 is 5.32 Å². The van der Waals surface area contributed by atoms with E-state index in [1.807, 2.05) is 17.8 Å². The summed E-state index contributed by atoms with van der Waals surface area (Å²) >= 11 is 5.79. The van der Waals surface area contributed by atoms with Gasteiger partial charge in [0.1, 0.15) is 5.82 Å². The fraction of sp³-hybridized carbons (Fsp3) is 0.167. The van der Waals surface area contributed by atoms with Gasteiger partial charge >= 0.3 is 5.97 Å². The molecule has 0 atom stereocenters. The number of nitrogens with zero attached hydrogens (tertiary/aromatic N) is 2. The molecule has 0 amide bonds. The van der Waals surface area contributed by atoms with Gasteiger partial charge in [-0.15, -0.1) is 0 Å². The summed E-state index contributed by atoms with van der Waals surface area (Å²) in [6.07, 6.45) is 3.56. The first-order chi connectivity index (χ1) is 8.58. The van der Waals surface area contributed by atoms with Crippen molar-refractivity contribution in [2.24, 2.45) is 7.05 Å². The Morgan fingerprint density at radius 2 is 2.33 bits per heavy atom. The van der Waals surface area contributed by atoms with Crippen molar-refractivity contribution in [2.75, 3.05) is 5.32 Å². The zero-order valence-corrected chi connectivity index (χ0v) is 10.5. The summed E-state index contributed by atoms with van der Waals surface area (Å²) in [6, 6.07) is 4.80. The molecule has 18 heavy (non-hydrogen) atoms. The predicted molar refractivity (Wildman–Crippen MR) is 68.9 cm³/mol. The molecule has 6 heteroatoms. The number of aryl methyl sites for hydroxylation is 1. The molecule has 0 aliphatic heterocycles. The average Bonchev–Trinajstić information content (AvgIpc) is 2.73. The second-order valence-corrected chi connectivity index (χ2v) is 4.21. The second kappa shape index (κ2) is 5.10. The Labute approximate surface area is 109 Å². The number of rotatable bonds is 4. The first-order valence-corrected chi connectivity index (χ1v) is 5.68. The molecule has 0 saturated heterocycles. The summed E-state index contributed by atoms with van der Waals surface area (Å²) in [7, 11) is 1.90. The molecule has 1 heterocycles.